The standard InChI is InChI=1S/C16H22N4O2S/c1-6-9(2)18-19-15-17-13-12(14(21)20(15)5)10-7-16(3,4)22-8-11(10)23-13/h6-8H2,1-5H3,(H,17,19). The molecule has 0 atom stereocenters. The Bertz CT molecular complexity index is 848. The number of nitrogens with one attached hydrogen (secondary N) is 1. The molecule has 0 aromatic carbocycles. The van der Waals surface area contributed by atoms with Gasteiger partial charge in [0.05, 0.1) is 17.6 Å². The number of anilines is 1. The maximum Gasteiger partial charge on any atom is 0.263 e. The first-order chi connectivity index (χ1) is 10.8. The molecule has 0 fully saturated rings. The number of rotatable bonds is 3. The summed E-state index contributed by atoms with van der Waals surface area (Å²) >= 11 is 1.54. The second kappa shape index (κ2) is 5.72. The zero-order chi connectivity index (χ0) is 16.8. The van der Waals surface area contributed by atoms with E-state index in [0.29, 0.717) is 12.6 Å². The molecule has 0 unspecified atom stereocenters. The van der Waals surface area contributed by atoms with E-state index in [0.717, 1.165) is 39.2 Å². The van der Waals surface area contributed by atoms with Gasteiger partial charge < -0.3 is 4.74 Å². The molecule has 0 radical (unpaired) electrons. The lowest BCUT2D eigenvalue weighted by molar-refractivity contribution is -0.0379. The van der Waals surface area contributed by atoms with Gasteiger partial charge in [-0.2, -0.15) is 5.10 Å². The predicted molar refractivity (Wildman–Crippen MR) is 94.5 cm³/mol. The molecule has 3 heterocycles. The van der Waals surface area contributed by atoms with E-state index in [-0.39, 0.29) is 11.2 Å². The molecule has 0 spiro atoms. The molecule has 0 aliphatic carbocycles. The first-order valence-corrected chi connectivity index (χ1v) is 8.58. The monoisotopic (exact) mass is 334 g/mol. The first-order valence-electron chi connectivity index (χ1n) is 7.77. The average molecular weight is 334 g/mol. The highest BCUT2D eigenvalue weighted by molar-refractivity contribution is 7.18. The molecule has 124 valence electrons. The van der Waals surface area contributed by atoms with Crippen molar-refractivity contribution in [2.75, 3.05) is 5.43 Å². The van der Waals surface area contributed by atoms with Crippen molar-refractivity contribution < 1.29 is 4.74 Å². The zero-order valence-corrected chi connectivity index (χ0v) is 15.0. The molecule has 0 saturated heterocycles. The van der Waals surface area contributed by atoms with Gasteiger partial charge in [-0.25, -0.2) is 10.4 Å². The molecule has 3 rings (SSSR count). The Morgan fingerprint density at radius 3 is 2.96 bits per heavy atom. The minimum atomic E-state index is -0.245. The van der Waals surface area contributed by atoms with Crippen LogP contribution < -0.4 is 11.0 Å². The second-order valence-electron chi connectivity index (χ2n) is 6.52. The summed E-state index contributed by atoms with van der Waals surface area (Å²) in [6.45, 7) is 8.62. The number of aromatic nitrogens is 2. The van der Waals surface area contributed by atoms with Gasteiger partial charge in [0.25, 0.3) is 5.56 Å². The first kappa shape index (κ1) is 16.1. The molecule has 1 aliphatic heterocycles. The number of hydrogen-bond donors (Lipinski definition) is 1. The Labute approximate surface area is 139 Å². The van der Waals surface area contributed by atoms with Crippen LogP contribution in [0.15, 0.2) is 9.90 Å². The molecule has 7 heteroatoms. The molecule has 2 aromatic heterocycles. The lowest BCUT2D eigenvalue weighted by Crippen LogP contribution is -2.32. The largest absolute Gasteiger partial charge is 0.370 e. The van der Waals surface area contributed by atoms with Gasteiger partial charge in [-0.15, -0.1) is 11.3 Å². The van der Waals surface area contributed by atoms with Gasteiger partial charge in [0.15, 0.2) is 0 Å². The third-order valence-electron chi connectivity index (χ3n) is 4.17. The van der Waals surface area contributed by atoms with Crippen molar-refractivity contribution in [3.05, 3.63) is 20.8 Å². The lowest BCUT2D eigenvalue weighted by Gasteiger charge is -2.29. The summed E-state index contributed by atoms with van der Waals surface area (Å²) in [4.78, 5) is 19.3. The van der Waals surface area contributed by atoms with Crippen LogP contribution in [0.4, 0.5) is 5.95 Å². The Morgan fingerprint density at radius 2 is 2.26 bits per heavy atom. The van der Waals surface area contributed by atoms with E-state index in [4.69, 9.17) is 4.74 Å². The molecule has 23 heavy (non-hydrogen) atoms. The predicted octanol–water partition coefficient (Wildman–Crippen LogP) is 3.04. The molecule has 0 bridgehead atoms. The second-order valence-corrected chi connectivity index (χ2v) is 7.60. The number of fused-ring (bicyclic) bond motifs is 3. The third kappa shape index (κ3) is 2.90. The van der Waals surface area contributed by atoms with Crippen LogP contribution in [0.2, 0.25) is 0 Å². The van der Waals surface area contributed by atoms with Crippen LogP contribution in [-0.4, -0.2) is 20.9 Å². The minimum absolute atomic E-state index is 0.0305. The fourth-order valence-corrected chi connectivity index (χ4v) is 3.69. The topological polar surface area (TPSA) is 68.5 Å². The van der Waals surface area contributed by atoms with Crippen molar-refractivity contribution in [2.24, 2.45) is 12.1 Å². The van der Waals surface area contributed by atoms with Crippen LogP contribution in [0.5, 0.6) is 0 Å². The normalized spacial score (nSPS) is 17.3. The Morgan fingerprint density at radius 1 is 1.52 bits per heavy atom. The summed E-state index contributed by atoms with van der Waals surface area (Å²) in [5, 5.41) is 4.98. The van der Waals surface area contributed by atoms with E-state index >= 15 is 0 Å². The van der Waals surface area contributed by atoms with Crippen molar-refractivity contribution in [3.63, 3.8) is 0 Å². The van der Waals surface area contributed by atoms with Crippen LogP contribution >= 0.6 is 11.3 Å². The fraction of sp³-hybridized carbons (Fsp3) is 0.562. The van der Waals surface area contributed by atoms with E-state index in [9.17, 15) is 4.79 Å². The van der Waals surface area contributed by atoms with E-state index in [1.165, 1.54) is 15.9 Å². The highest BCUT2D eigenvalue weighted by Gasteiger charge is 2.31. The SMILES string of the molecule is CCC(C)=NNc1nc2sc3c(c2c(=O)n1C)CC(C)(C)OC3. The van der Waals surface area contributed by atoms with Crippen molar-refractivity contribution in [1.29, 1.82) is 0 Å². The summed E-state index contributed by atoms with van der Waals surface area (Å²) in [5.74, 6) is 0.467. The van der Waals surface area contributed by atoms with Crippen LogP contribution in [0.3, 0.4) is 0 Å². The van der Waals surface area contributed by atoms with Gasteiger partial charge in [0.1, 0.15) is 4.83 Å². The van der Waals surface area contributed by atoms with Crippen molar-refractivity contribution >= 4 is 33.2 Å². The van der Waals surface area contributed by atoms with E-state index in [2.05, 4.69) is 29.4 Å². The minimum Gasteiger partial charge on any atom is -0.370 e. The summed E-state index contributed by atoms with van der Waals surface area (Å²) in [6.07, 6.45) is 1.59. The molecule has 1 aliphatic rings. The fourth-order valence-electron chi connectivity index (χ4n) is 2.60. The van der Waals surface area contributed by atoms with Crippen molar-refractivity contribution in [1.82, 2.24) is 9.55 Å². The van der Waals surface area contributed by atoms with Gasteiger partial charge in [0, 0.05) is 24.1 Å². The van der Waals surface area contributed by atoms with Gasteiger partial charge in [-0.05, 0) is 32.8 Å². The van der Waals surface area contributed by atoms with Crippen LogP contribution in [-0.2, 0) is 24.8 Å². The van der Waals surface area contributed by atoms with Gasteiger partial charge >= 0.3 is 0 Å². The molecule has 2 aromatic rings. The number of ether oxygens (including phenoxy) is 1. The Hall–Kier alpha value is -1.73. The maximum absolute atomic E-state index is 12.8. The number of hydrogen-bond acceptors (Lipinski definition) is 6. The summed E-state index contributed by atoms with van der Waals surface area (Å²) < 4.78 is 7.38. The molecule has 1 N–H and O–H groups in total. The number of hydrazone groups is 1. The van der Waals surface area contributed by atoms with Crippen LogP contribution in [0, 0.1) is 0 Å². The maximum atomic E-state index is 12.8. The smallest absolute Gasteiger partial charge is 0.263 e. The number of thiophene rings is 1. The molecule has 0 saturated carbocycles. The van der Waals surface area contributed by atoms with Gasteiger partial charge in [-0.1, -0.05) is 6.92 Å². The highest BCUT2D eigenvalue weighted by atomic mass is 32.1. The lowest BCUT2D eigenvalue weighted by atomic mass is 9.94. The average Bonchev–Trinajstić information content (AvgIpc) is 2.85. The quantitative estimate of drug-likeness (QED) is 0.692. The van der Waals surface area contributed by atoms with Crippen LogP contribution in [0.1, 0.15) is 44.6 Å². The molecular weight excluding hydrogens is 312 g/mol. The molecule has 6 nitrogen and oxygen atoms in total. The Kier molecular flexibility index (Phi) is 4.01. The number of nitrogens with zero attached hydrogens (tertiary/aromatic N) is 3. The summed E-state index contributed by atoms with van der Waals surface area (Å²) in [5.41, 5.74) is 4.68. The van der Waals surface area contributed by atoms with Gasteiger partial charge in [0.2, 0.25) is 5.95 Å². The third-order valence-corrected chi connectivity index (χ3v) is 5.27. The van der Waals surface area contributed by atoms with Crippen molar-refractivity contribution in [2.45, 2.75) is 52.7 Å². The molecule has 0 amide bonds. The highest BCUT2D eigenvalue weighted by Crippen LogP contribution is 2.37. The van der Waals surface area contributed by atoms with Crippen LogP contribution in [0.25, 0.3) is 10.2 Å². The summed E-state index contributed by atoms with van der Waals surface area (Å²) in [7, 11) is 1.72. The van der Waals surface area contributed by atoms with E-state index in [1.54, 1.807) is 7.05 Å². The zero-order valence-electron chi connectivity index (χ0n) is 14.2. The van der Waals surface area contributed by atoms with Gasteiger partial charge in [-0.3, -0.25) is 9.36 Å². The molecular formula is C16H22N4O2S. The Balaban J connectivity index is 2.13. The van der Waals surface area contributed by atoms with E-state index < -0.39 is 0 Å². The summed E-state index contributed by atoms with van der Waals surface area (Å²) in [6, 6.07) is 0. The van der Waals surface area contributed by atoms with E-state index in [1.807, 2.05) is 13.8 Å². The van der Waals surface area contributed by atoms with Crippen molar-refractivity contribution in [3.8, 4) is 0 Å².